The molecule has 1 saturated carbocycles. The molecule has 1 unspecified atom stereocenters. The van der Waals surface area contributed by atoms with E-state index < -0.39 is 23.0 Å². The molecule has 1 atom stereocenters. The Morgan fingerprint density at radius 3 is 2.32 bits per heavy atom. The summed E-state index contributed by atoms with van der Waals surface area (Å²) in [6.45, 7) is 1.75. The normalized spacial score (nSPS) is 29.0. The van der Waals surface area contributed by atoms with Gasteiger partial charge in [0.25, 0.3) is 5.91 Å². The molecular formula is C17H25N3O5. The minimum atomic E-state index is -0.962. The van der Waals surface area contributed by atoms with Gasteiger partial charge in [-0.05, 0) is 26.2 Å². The Morgan fingerprint density at radius 2 is 1.76 bits per heavy atom. The third-order valence-electron chi connectivity index (χ3n) is 6.12. The minimum Gasteiger partial charge on any atom is -0.481 e. The van der Waals surface area contributed by atoms with Crippen LogP contribution >= 0.6 is 0 Å². The summed E-state index contributed by atoms with van der Waals surface area (Å²) >= 11 is 0. The lowest BCUT2D eigenvalue weighted by atomic mass is 9.81. The van der Waals surface area contributed by atoms with E-state index in [1.807, 2.05) is 0 Å². The SMILES string of the molecule is CN1C(=O)N(CC(=O)N2CCC(C)(C(=O)O)C2)C(=O)C12CCCCC2. The average molecular weight is 351 g/mol. The number of hydrogen-bond donors (Lipinski definition) is 1. The van der Waals surface area contributed by atoms with E-state index >= 15 is 0 Å². The highest BCUT2D eigenvalue weighted by Gasteiger charge is 2.56. The Hall–Kier alpha value is -2.12. The van der Waals surface area contributed by atoms with Crippen molar-refractivity contribution in [3.8, 4) is 0 Å². The second-order valence-corrected chi connectivity index (χ2v) is 7.76. The number of carbonyl (C=O) groups excluding carboxylic acids is 3. The second kappa shape index (κ2) is 6.00. The van der Waals surface area contributed by atoms with Gasteiger partial charge in [-0.25, -0.2) is 4.79 Å². The van der Waals surface area contributed by atoms with Gasteiger partial charge in [-0.1, -0.05) is 19.3 Å². The molecule has 3 aliphatic rings. The molecule has 0 aromatic heterocycles. The van der Waals surface area contributed by atoms with Crippen molar-refractivity contribution in [1.82, 2.24) is 14.7 Å². The van der Waals surface area contributed by atoms with E-state index in [0.717, 1.165) is 24.2 Å². The Labute approximate surface area is 146 Å². The maximum Gasteiger partial charge on any atom is 0.327 e. The van der Waals surface area contributed by atoms with Gasteiger partial charge >= 0.3 is 12.0 Å². The number of hydrogen-bond acceptors (Lipinski definition) is 4. The monoisotopic (exact) mass is 351 g/mol. The molecule has 1 N–H and O–H groups in total. The summed E-state index contributed by atoms with van der Waals surface area (Å²) in [6, 6.07) is -0.430. The molecule has 8 heteroatoms. The number of carboxylic acid groups (broad SMARTS) is 1. The predicted molar refractivity (Wildman–Crippen MR) is 87.6 cm³/mol. The highest BCUT2D eigenvalue weighted by molar-refractivity contribution is 6.09. The highest BCUT2D eigenvalue weighted by atomic mass is 16.4. The van der Waals surface area contributed by atoms with E-state index in [1.165, 1.54) is 9.80 Å². The van der Waals surface area contributed by atoms with Gasteiger partial charge in [-0.3, -0.25) is 19.3 Å². The fraction of sp³-hybridized carbons (Fsp3) is 0.765. The van der Waals surface area contributed by atoms with Gasteiger partial charge in [0.05, 0.1) is 5.41 Å². The number of urea groups is 1. The topological polar surface area (TPSA) is 98.2 Å². The van der Waals surface area contributed by atoms with Gasteiger partial charge in [-0.15, -0.1) is 0 Å². The van der Waals surface area contributed by atoms with Gasteiger partial charge in [-0.2, -0.15) is 0 Å². The van der Waals surface area contributed by atoms with Crippen LogP contribution in [0.25, 0.3) is 0 Å². The summed E-state index contributed by atoms with van der Waals surface area (Å²) in [6.07, 6.45) is 4.50. The number of amides is 4. The van der Waals surface area contributed by atoms with E-state index in [2.05, 4.69) is 0 Å². The molecule has 2 saturated heterocycles. The molecule has 0 aromatic carbocycles. The molecule has 1 aliphatic carbocycles. The minimum absolute atomic E-state index is 0.109. The van der Waals surface area contributed by atoms with Gasteiger partial charge in [0.1, 0.15) is 12.1 Å². The van der Waals surface area contributed by atoms with Gasteiger partial charge in [0, 0.05) is 20.1 Å². The summed E-state index contributed by atoms with van der Waals surface area (Å²) < 4.78 is 0. The molecule has 8 nitrogen and oxygen atoms in total. The fourth-order valence-corrected chi connectivity index (χ4v) is 4.25. The van der Waals surface area contributed by atoms with Crippen LogP contribution in [0.3, 0.4) is 0 Å². The molecule has 3 rings (SSSR count). The Bertz CT molecular complexity index is 628. The largest absolute Gasteiger partial charge is 0.481 e. The average Bonchev–Trinajstić information content (AvgIpc) is 3.07. The Morgan fingerprint density at radius 1 is 1.12 bits per heavy atom. The van der Waals surface area contributed by atoms with Crippen molar-refractivity contribution >= 4 is 23.8 Å². The molecule has 0 bridgehead atoms. The van der Waals surface area contributed by atoms with Crippen molar-refractivity contribution in [1.29, 1.82) is 0 Å². The van der Waals surface area contributed by atoms with Crippen LogP contribution < -0.4 is 0 Å². The lowest BCUT2D eigenvalue weighted by Gasteiger charge is -2.35. The predicted octanol–water partition coefficient (Wildman–Crippen LogP) is 0.906. The lowest BCUT2D eigenvalue weighted by molar-refractivity contribution is -0.148. The smallest absolute Gasteiger partial charge is 0.327 e. The van der Waals surface area contributed by atoms with Crippen LogP contribution in [0.2, 0.25) is 0 Å². The van der Waals surface area contributed by atoms with Crippen molar-refractivity contribution < 1.29 is 24.3 Å². The Balaban J connectivity index is 1.71. The van der Waals surface area contributed by atoms with Crippen molar-refractivity contribution in [2.75, 3.05) is 26.7 Å². The van der Waals surface area contributed by atoms with Crippen LogP contribution in [0, 0.1) is 5.41 Å². The molecule has 4 amide bonds. The van der Waals surface area contributed by atoms with Crippen molar-refractivity contribution in [3.63, 3.8) is 0 Å². The number of aliphatic carboxylic acids is 1. The lowest BCUT2D eigenvalue weighted by Crippen LogP contribution is -2.49. The molecule has 138 valence electrons. The molecule has 0 aromatic rings. The second-order valence-electron chi connectivity index (χ2n) is 7.76. The Kier molecular flexibility index (Phi) is 4.25. The van der Waals surface area contributed by atoms with Crippen LogP contribution in [0.15, 0.2) is 0 Å². The number of carbonyl (C=O) groups is 4. The summed E-state index contributed by atoms with van der Waals surface area (Å²) in [4.78, 5) is 53.3. The van der Waals surface area contributed by atoms with Crippen molar-refractivity contribution in [3.05, 3.63) is 0 Å². The van der Waals surface area contributed by atoms with Crippen LogP contribution in [0.1, 0.15) is 45.4 Å². The zero-order valence-electron chi connectivity index (χ0n) is 14.8. The zero-order valence-corrected chi connectivity index (χ0v) is 14.8. The molecule has 2 heterocycles. The fourth-order valence-electron chi connectivity index (χ4n) is 4.25. The van der Waals surface area contributed by atoms with E-state index in [0.29, 0.717) is 25.8 Å². The van der Waals surface area contributed by atoms with Crippen molar-refractivity contribution in [2.45, 2.75) is 51.0 Å². The highest BCUT2D eigenvalue weighted by Crippen LogP contribution is 2.39. The van der Waals surface area contributed by atoms with Gasteiger partial charge < -0.3 is 14.9 Å². The maximum atomic E-state index is 12.9. The third kappa shape index (κ3) is 2.67. The van der Waals surface area contributed by atoms with Crippen molar-refractivity contribution in [2.24, 2.45) is 5.41 Å². The van der Waals surface area contributed by atoms with Crippen LogP contribution in [-0.2, 0) is 14.4 Å². The first-order chi connectivity index (χ1) is 11.7. The van der Waals surface area contributed by atoms with E-state index in [1.54, 1.807) is 14.0 Å². The summed E-state index contributed by atoms with van der Waals surface area (Å²) in [5, 5.41) is 9.28. The summed E-state index contributed by atoms with van der Waals surface area (Å²) in [5.74, 6) is -1.59. The molecule has 25 heavy (non-hydrogen) atoms. The molecule has 3 fully saturated rings. The van der Waals surface area contributed by atoms with Crippen LogP contribution in [0.5, 0.6) is 0 Å². The van der Waals surface area contributed by atoms with Crippen LogP contribution in [0.4, 0.5) is 4.79 Å². The summed E-state index contributed by atoms with van der Waals surface area (Å²) in [5.41, 5.74) is -1.76. The summed E-state index contributed by atoms with van der Waals surface area (Å²) in [7, 11) is 1.63. The standard InChI is InChI=1S/C17H25N3O5/c1-16(14(23)24)8-9-19(11-16)12(21)10-20-13(22)17(18(2)15(20)25)6-4-3-5-7-17/h3-11H2,1-2H3,(H,23,24). The quantitative estimate of drug-likeness (QED) is 0.762. The van der Waals surface area contributed by atoms with E-state index in [9.17, 15) is 24.3 Å². The zero-order chi connectivity index (χ0) is 18.4. The first-order valence-electron chi connectivity index (χ1n) is 8.82. The number of rotatable bonds is 3. The molecule has 0 radical (unpaired) electrons. The van der Waals surface area contributed by atoms with E-state index in [-0.39, 0.29) is 24.9 Å². The maximum absolute atomic E-state index is 12.9. The van der Waals surface area contributed by atoms with Gasteiger partial charge in [0.2, 0.25) is 5.91 Å². The number of imide groups is 1. The first-order valence-corrected chi connectivity index (χ1v) is 8.82. The molecule has 2 aliphatic heterocycles. The number of carboxylic acids is 1. The van der Waals surface area contributed by atoms with Gasteiger partial charge in [0.15, 0.2) is 0 Å². The number of likely N-dealkylation sites (tertiary alicyclic amines) is 1. The third-order valence-corrected chi connectivity index (χ3v) is 6.12. The van der Waals surface area contributed by atoms with E-state index in [4.69, 9.17) is 0 Å². The van der Waals surface area contributed by atoms with Crippen LogP contribution in [-0.4, -0.2) is 75.8 Å². The molecular weight excluding hydrogens is 326 g/mol. The number of nitrogens with zero attached hydrogens (tertiary/aromatic N) is 3. The molecule has 1 spiro atoms. The first kappa shape index (κ1) is 17.7. The number of likely N-dealkylation sites (N-methyl/N-ethyl adjacent to an activating group) is 1.